The normalized spacial score (nSPS) is 32.9. The van der Waals surface area contributed by atoms with Crippen molar-refractivity contribution in [1.29, 1.82) is 0 Å². The Labute approximate surface area is 282 Å². The van der Waals surface area contributed by atoms with E-state index in [0.717, 1.165) is 48.9 Å². The number of hydrogen-bond donors (Lipinski definition) is 5. The second-order valence-electron chi connectivity index (χ2n) is 14.8. The monoisotopic (exact) mass is 651 g/mol. The Morgan fingerprint density at radius 3 is 2.75 bits per heavy atom. The molecule has 3 heterocycles. The van der Waals surface area contributed by atoms with Crippen molar-refractivity contribution in [2.45, 2.75) is 94.0 Å². The van der Waals surface area contributed by atoms with Gasteiger partial charge in [0.2, 0.25) is 5.75 Å². The van der Waals surface area contributed by atoms with Crippen LogP contribution in [0.15, 0.2) is 66.5 Å². The lowest BCUT2D eigenvalue weighted by Crippen LogP contribution is -2.44. The first-order valence-electron chi connectivity index (χ1n) is 17.8. The molecule has 3 aromatic rings. The van der Waals surface area contributed by atoms with E-state index < -0.39 is 12.2 Å². The number of fused-ring (bicyclic) bond motifs is 3. The van der Waals surface area contributed by atoms with Crippen molar-refractivity contribution in [2.24, 2.45) is 17.8 Å². The predicted molar refractivity (Wildman–Crippen MR) is 183 cm³/mol. The van der Waals surface area contributed by atoms with Crippen LogP contribution >= 0.6 is 0 Å². The van der Waals surface area contributed by atoms with Crippen molar-refractivity contribution in [2.75, 3.05) is 13.7 Å². The van der Waals surface area contributed by atoms with Crippen LogP contribution < -0.4 is 15.0 Å². The average molecular weight is 652 g/mol. The molecule has 3 aliphatic carbocycles. The van der Waals surface area contributed by atoms with E-state index in [0.29, 0.717) is 42.0 Å². The smallest absolute Gasteiger partial charge is 0.200 e. The molecule has 2 saturated heterocycles. The maximum Gasteiger partial charge on any atom is 0.200 e. The zero-order valence-electron chi connectivity index (χ0n) is 27.6. The summed E-state index contributed by atoms with van der Waals surface area (Å²) in [6, 6.07) is 10.2. The maximum absolute atomic E-state index is 11.5. The number of rotatable bonds is 6. The molecule has 5 aliphatic rings. The third kappa shape index (κ3) is 5.71. The Balaban J connectivity index is 1.06. The summed E-state index contributed by atoms with van der Waals surface area (Å²) in [6.45, 7) is 1.10. The quantitative estimate of drug-likeness (QED) is 0.151. The number of ether oxygens (including phenoxy) is 2. The molecule has 1 aromatic heterocycles. The lowest BCUT2D eigenvalue weighted by molar-refractivity contribution is -0.154. The number of phenolic OH excluding ortho intramolecular Hbond substituents is 3. The number of aromatic nitrogens is 1. The fraction of sp³-hybridized carbons (Fsp3) is 0.500. The highest BCUT2D eigenvalue weighted by atomic mass is 16.5. The first-order chi connectivity index (χ1) is 23.4. The summed E-state index contributed by atoms with van der Waals surface area (Å²) in [4.78, 5) is 4.19. The largest absolute Gasteiger partial charge is 0.670 e. The van der Waals surface area contributed by atoms with Crippen LogP contribution in [-0.2, 0) is 11.2 Å². The lowest BCUT2D eigenvalue weighted by atomic mass is 9.65. The van der Waals surface area contributed by atoms with Crippen LogP contribution in [0.2, 0.25) is 0 Å². The fourth-order valence-corrected chi connectivity index (χ4v) is 9.66. The number of hydrogen-bond acceptors (Lipinski definition) is 7. The van der Waals surface area contributed by atoms with Crippen LogP contribution in [0, 0.1) is 17.8 Å². The number of piperidine rings is 1. The van der Waals surface area contributed by atoms with Gasteiger partial charge in [0, 0.05) is 35.4 Å². The highest BCUT2D eigenvalue weighted by molar-refractivity contribution is 5.59. The number of nitrogens with one attached hydrogen (secondary N) is 1. The minimum Gasteiger partial charge on any atom is -0.670 e. The molecule has 254 valence electrons. The van der Waals surface area contributed by atoms with Gasteiger partial charge in [-0.15, -0.1) is 0 Å². The van der Waals surface area contributed by atoms with Gasteiger partial charge in [-0.1, -0.05) is 47.6 Å². The van der Waals surface area contributed by atoms with Gasteiger partial charge in [-0.2, -0.15) is 12.4 Å². The highest BCUT2D eigenvalue weighted by Crippen LogP contribution is 2.52. The standard InChI is InChI=1S/C40H47N2O6/c1-47-40-32(14-22-11-13-41-21-22)31(19-36(45)39(40)46)38-20-35(44)28-9-7-24(18-37(28)48-38)23-8-10-34(43)30(15-23)27-6-2-4-25-17-33-26(16-29(25)27)5-3-12-42-33/h2,6,8,10-11,13,15-16,19,21,24-25,27-29,33,35,37-38,42-46H,3-5,7,9,12,14,17-18,20H2,1H3/q-1. The second-order valence-corrected chi connectivity index (χ2v) is 14.8. The lowest BCUT2D eigenvalue weighted by Gasteiger charge is -2.45. The van der Waals surface area contributed by atoms with Gasteiger partial charge >= 0.3 is 0 Å². The van der Waals surface area contributed by atoms with Gasteiger partial charge in [-0.25, -0.2) is 0 Å². The number of aromatic hydroxyl groups is 3. The number of nitrogens with zero attached hydrogens (tertiary/aromatic N) is 1. The first kappa shape index (κ1) is 31.5. The average Bonchev–Trinajstić information content (AvgIpc) is 3.62. The van der Waals surface area contributed by atoms with E-state index in [9.17, 15) is 20.4 Å². The van der Waals surface area contributed by atoms with Crippen LogP contribution in [0.5, 0.6) is 23.0 Å². The van der Waals surface area contributed by atoms with Gasteiger partial charge in [0.25, 0.3) is 0 Å². The third-order valence-electron chi connectivity index (χ3n) is 12.1. The minimum atomic E-state index is -0.554. The van der Waals surface area contributed by atoms with E-state index in [1.807, 2.05) is 12.1 Å². The van der Waals surface area contributed by atoms with Gasteiger partial charge in [0.15, 0.2) is 11.5 Å². The molecule has 48 heavy (non-hydrogen) atoms. The molecule has 9 unspecified atom stereocenters. The minimum absolute atomic E-state index is 0.0253. The van der Waals surface area contributed by atoms with Crippen molar-refractivity contribution in [1.82, 2.24) is 10.3 Å². The summed E-state index contributed by atoms with van der Waals surface area (Å²) in [5.41, 5.74) is 6.16. The number of methoxy groups -OCH3 is 1. The van der Waals surface area contributed by atoms with E-state index in [2.05, 4.69) is 40.7 Å². The van der Waals surface area contributed by atoms with Gasteiger partial charge in [-0.05, 0) is 98.9 Å². The Morgan fingerprint density at radius 2 is 1.92 bits per heavy atom. The van der Waals surface area contributed by atoms with E-state index >= 15 is 0 Å². The molecule has 2 aliphatic heterocycles. The molecule has 3 fully saturated rings. The SMILES string of the molecule is COc1c(O)c(O)cc(C2CC(O)C3CCC(c4ccc(O)c(C5C=CCC6CC7NCCCC7=CC65)c4)CC3O2)c1Cc1cc[n-]c1. The van der Waals surface area contributed by atoms with Crippen LogP contribution in [-0.4, -0.2) is 52.3 Å². The summed E-state index contributed by atoms with van der Waals surface area (Å²) in [5.74, 6) is 1.39. The molecular formula is C40H47N2O6-. The summed E-state index contributed by atoms with van der Waals surface area (Å²) >= 11 is 0. The molecule has 8 heteroatoms. The van der Waals surface area contributed by atoms with Crippen molar-refractivity contribution < 1.29 is 29.9 Å². The molecule has 0 spiro atoms. The summed E-state index contributed by atoms with van der Waals surface area (Å²) in [6.07, 6.45) is 17.5. The molecule has 0 amide bonds. The number of aliphatic hydroxyl groups excluding tert-OH is 1. The van der Waals surface area contributed by atoms with Crippen LogP contribution in [0.1, 0.15) is 97.1 Å². The van der Waals surface area contributed by atoms with E-state index in [-0.39, 0.29) is 41.1 Å². The number of aliphatic hydroxyl groups is 1. The van der Waals surface area contributed by atoms with Crippen molar-refractivity contribution in [3.63, 3.8) is 0 Å². The summed E-state index contributed by atoms with van der Waals surface area (Å²) < 4.78 is 12.4. The molecule has 8 nitrogen and oxygen atoms in total. The Kier molecular flexibility index (Phi) is 8.51. The van der Waals surface area contributed by atoms with Gasteiger partial charge < -0.3 is 40.2 Å². The third-order valence-corrected chi connectivity index (χ3v) is 12.1. The van der Waals surface area contributed by atoms with Crippen molar-refractivity contribution in [3.05, 3.63) is 94.3 Å². The van der Waals surface area contributed by atoms with E-state index in [4.69, 9.17) is 9.47 Å². The molecule has 0 bridgehead atoms. The van der Waals surface area contributed by atoms with Crippen LogP contribution in [0.4, 0.5) is 0 Å². The molecular weight excluding hydrogens is 604 g/mol. The summed E-state index contributed by atoms with van der Waals surface area (Å²) in [7, 11) is 1.48. The molecule has 9 atom stereocenters. The summed E-state index contributed by atoms with van der Waals surface area (Å²) in [5, 5.41) is 47.7. The van der Waals surface area contributed by atoms with E-state index in [1.54, 1.807) is 24.0 Å². The van der Waals surface area contributed by atoms with Gasteiger partial charge in [0.05, 0.1) is 25.4 Å². The zero-order valence-corrected chi connectivity index (χ0v) is 27.6. The topological polar surface area (TPSA) is 126 Å². The van der Waals surface area contributed by atoms with E-state index in [1.165, 1.54) is 31.9 Å². The number of allylic oxidation sites excluding steroid dienone is 3. The fourth-order valence-electron chi connectivity index (χ4n) is 9.66. The van der Waals surface area contributed by atoms with Gasteiger partial charge in [0.1, 0.15) is 5.75 Å². The molecule has 2 aromatic carbocycles. The van der Waals surface area contributed by atoms with Crippen molar-refractivity contribution in [3.8, 4) is 23.0 Å². The molecule has 5 N–H and O–H groups in total. The Bertz CT molecular complexity index is 1700. The first-order valence-corrected chi connectivity index (χ1v) is 17.8. The molecule has 8 rings (SSSR count). The second kappa shape index (κ2) is 13.0. The zero-order chi connectivity index (χ0) is 32.9. The van der Waals surface area contributed by atoms with Crippen LogP contribution in [0.25, 0.3) is 0 Å². The predicted octanol–water partition coefficient (Wildman–Crippen LogP) is 6.49. The Morgan fingerprint density at radius 1 is 1.02 bits per heavy atom. The number of benzene rings is 2. The highest BCUT2D eigenvalue weighted by Gasteiger charge is 2.44. The van der Waals surface area contributed by atoms with Crippen LogP contribution in [0.3, 0.4) is 0 Å². The van der Waals surface area contributed by atoms with Crippen molar-refractivity contribution >= 4 is 0 Å². The number of phenols is 3. The van der Waals surface area contributed by atoms with Gasteiger partial charge in [-0.3, -0.25) is 0 Å². The maximum atomic E-state index is 11.5. The Hall–Kier alpha value is -3.72. The molecule has 0 radical (unpaired) electrons. The molecule has 1 saturated carbocycles.